The van der Waals surface area contributed by atoms with E-state index in [0.717, 1.165) is 29.5 Å². The summed E-state index contributed by atoms with van der Waals surface area (Å²) in [4.78, 5) is 24.4. The second kappa shape index (κ2) is 9.77. The summed E-state index contributed by atoms with van der Waals surface area (Å²) in [7, 11) is 0. The molecule has 0 spiro atoms. The van der Waals surface area contributed by atoms with E-state index >= 15 is 0 Å². The molecule has 0 saturated carbocycles. The van der Waals surface area contributed by atoms with E-state index in [0.29, 0.717) is 12.2 Å². The number of hydrogen-bond donors (Lipinski definition) is 1. The molecule has 0 amide bonds. The third-order valence-corrected chi connectivity index (χ3v) is 5.23. The predicted octanol–water partition coefficient (Wildman–Crippen LogP) is 6.22. The van der Waals surface area contributed by atoms with Crippen molar-refractivity contribution in [1.82, 2.24) is 0 Å². The van der Waals surface area contributed by atoms with Gasteiger partial charge in [-0.05, 0) is 35.4 Å². The van der Waals surface area contributed by atoms with Crippen molar-refractivity contribution in [2.75, 3.05) is 5.32 Å². The van der Waals surface area contributed by atoms with Crippen molar-refractivity contribution in [3.63, 3.8) is 0 Å². The minimum absolute atomic E-state index is 0.0539. The van der Waals surface area contributed by atoms with E-state index in [1.807, 2.05) is 42.5 Å². The first kappa shape index (κ1) is 24.8. The van der Waals surface area contributed by atoms with E-state index in [1.54, 1.807) is 12.1 Å². The van der Waals surface area contributed by atoms with Crippen LogP contribution >= 0.6 is 0 Å². The Morgan fingerprint density at radius 2 is 1.53 bits per heavy atom. The zero-order valence-electron chi connectivity index (χ0n) is 19.4. The van der Waals surface area contributed by atoms with Crippen molar-refractivity contribution in [2.45, 2.75) is 32.2 Å². The van der Waals surface area contributed by atoms with E-state index in [9.17, 15) is 22.8 Å². The van der Waals surface area contributed by atoms with Gasteiger partial charge in [0, 0.05) is 26.5 Å². The Hall–Kier alpha value is -4.27. The van der Waals surface area contributed by atoms with Crippen LogP contribution in [0, 0.1) is 0 Å². The molecule has 186 valence electrons. The van der Waals surface area contributed by atoms with Gasteiger partial charge in [0.15, 0.2) is 11.3 Å². The lowest BCUT2D eigenvalue weighted by Gasteiger charge is -2.29. The molecule has 4 rings (SSSR count). The van der Waals surface area contributed by atoms with Gasteiger partial charge in [0.05, 0.1) is 11.3 Å². The maximum Gasteiger partial charge on any atom is 0.416 e. The lowest BCUT2D eigenvalue weighted by atomic mass is 10.0. The molecular formula is C27H22F3NO5. The monoisotopic (exact) mass is 497 g/mol. The van der Waals surface area contributed by atoms with E-state index in [4.69, 9.17) is 14.2 Å². The van der Waals surface area contributed by atoms with Crippen LogP contribution in [0.2, 0.25) is 0 Å². The van der Waals surface area contributed by atoms with Crippen molar-refractivity contribution in [3.05, 3.63) is 101 Å². The second-order valence-electron chi connectivity index (χ2n) is 8.46. The van der Waals surface area contributed by atoms with Gasteiger partial charge < -0.3 is 19.5 Å². The largest absolute Gasteiger partial charge is 0.455 e. The van der Waals surface area contributed by atoms with Gasteiger partial charge in [-0.3, -0.25) is 0 Å². The average molecular weight is 497 g/mol. The third-order valence-electron chi connectivity index (χ3n) is 5.23. The normalized spacial score (nSPS) is 15.1. The highest BCUT2D eigenvalue weighted by Gasteiger charge is 2.39. The zero-order chi connectivity index (χ0) is 25.9. The molecule has 0 radical (unpaired) electrons. The number of carbonyl (C=O) groups is 2. The zero-order valence-corrected chi connectivity index (χ0v) is 19.4. The predicted molar refractivity (Wildman–Crippen MR) is 125 cm³/mol. The third kappa shape index (κ3) is 5.86. The summed E-state index contributed by atoms with van der Waals surface area (Å²) in [5, 5.41) is 2.58. The number of cyclic esters (lactones) is 2. The number of nitrogens with one attached hydrogen (secondary N) is 1. The molecule has 0 aromatic heterocycles. The Balaban J connectivity index is 1.66. The molecule has 1 fully saturated rings. The van der Waals surface area contributed by atoms with Gasteiger partial charge in [0.25, 0.3) is 5.79 Å². The van der Waals surface area contributed by atoms with Crippen LogP contribution in [0.4, 0.5) is 18.9 Å². The Morgan fingerprint density at radius 3 is 2.19 bits per heavy atom. The quantitative estimate of drug-likeness (QED) is 0.248. The molecule has 1 aliphatic heterocycles. The molecule has 3 aromatic carbocycles. The minimum Gasteiger partial charge on any atom is -0.455 e. The first-order chi connectivity index (χ1) is 17.0. The number of benzene rings is 3. The van der Waals surface area contributed by atoms with Crippen LogP contribution in [0.3, 0.4) is 0 Å². The SMILES string of the molecule is CC1(C)OC(=O)C(=CNc2cc(C(F)(F)F)ccc2Oc2ccccc2Cc2ccccc2)C(=O)O1. The fourth-order valence-corrected chi connectivity index (χ4v) is 3.52. The van der Waals surface area contributed by atoms with Crippen molar-refractivity contribution in [1.29, 1.82) is 0 Å². The van der Waals surface area contributed by atoms with E-state index in [1.165, 1.54) is 19.9 Å². The molecule has 0 atom stereocenters. The van der Waals surface area contributed by atoms with E-state index < -0.39 is 35.0 Å². The van der Waals surface area contributed by atoms with Gasteiger partial charge in [0.2, 0.25) is 0 Å². The summed E-state index contributed by atoms with van der Waals surface area (Å²) in [5.74, 6) is -2.88. The average Bonchev–Trinajstić information content (AvgIpc) is 2.80. The van der Waals surface area contributed by atoms with Crippen LogP contribution in [-0.4, -0.2) is 17.7 Å². The molecule has 1 heterocycles. The summed E-state index contributed by atoms with van der Waals surface area (Å²) in [6, 6.07) is 19.7. The molecule has 0 unspecified atom stereocenters. The molecule has 3 aromatic rings. The number of halogens is 3. The Bertz CT molecular complexity index is 1290. The smallest absolute Gasteiger partial charge is 0.416 e. The molecular weight excluding hydrogens is 475 g/mol. The summed E-state index contributed by atoms with van der Waals surface area (Å²) >= 11 is 0. The molecule has 36 heavy (non-hydrogen) atoms. The van der Waals surface area contributed by atoms with Gasteiger partial charge in [-0.25, -0.2) is 9.59 Å². The Kier molecular flexibility index (Phi) is 6.74. The maximum absolute atomic E-state index is 13.4. The standard InChI is InChI=1S/C27H22F3NO5/c1-26(2)35-24(32)20(25(33)36-26)16-31-21-15-19(27(28,29)30)12-13-23(21)34-22-11-7-6-10-18(22)14-17-8-4-3-5-9-17/h3-13,15-16,31H,14H2,1-2H3. The Morgan fingerprint density at radius 1 is 0.889 bits per heavy atom. The molecule has 9 heteroatoms. The fourth-order valence-electron chi connectivity index (χ4n) is 3.52. The molecule has 1 N–H and O–H groups in total. The summed E-state index contributed by atoms with van der Waals surface area (Å²) < 4.78 is 56.3. The summed E-state index contributed by atoms with van der Waals surface area (Å²) in [6.07, 6.45) is -3.14. The van der Waals surface area contributed by atoms with Crippen LogP contribution in [0.15, 0.2) is 84.6 Å². The topological polar surface area (TPSA) is 73.9 Å². The highest BCUT2D eigenvalue weighted by Crippen LogP contribution is 2.38. The maximum atomic E-state index is 13.4. The number of hydrogen-bond acceptors (Lipinski definition) is 6. The van der Waals surface area contributed by atoms with Gasteiger partial charge in [0.1, 0.15) is 5.75 Å². The van der Waals surface area contributed by atoms with Gasteiger partial charge >= 0.3 is 18.1 Å². The molecule has 1 aliphatic rings. The molecule has 6 nitrogen and oxygen atoms in total. The van der Waals surface area contributed by atoms with E-state index in [2.05, 4.69) is 5.32 Å². The summed E-state index contributed by atoms with van der Waals surface area (Å²) in [5.41, 5.74) is 0.290. The fraction of sp³-hybridized carbons (Fsp3) is 0.185. The number of anilines is 1. The molecule has 1 saturated heterocycles. The van der Waals surface area contributed by atoms with Crippen LogP contribution < -0.4 is 10.1 Å². The number of ether oxygens (including phenoxy) is 3. The number of alkyl halides is 3. The van der Waals surface area contributed by atoms with Crippen molar-refractivity contribution in [3.8, 4) is 11.5 Å². The first-order valence-electron chi connectivity index (χ1n) is 11.0. The van der Waals surface area contributed by atoms with Crippen molar-refractivity contribution < 1.29 is 37.0 Å². The van der Waals surface area contributed by atoms with Crippen LogP contribution in [0.25, 0.3) is 0 Å². The van der Waals surface area contributed by atoms with Crippen LogP contribution in [0.1, 0.15) is 30.5 Å². The molecule has 0 bridgehead atoms. The lowest BCUT2D eigenvalue weighted by molar-refractivity contribution is -0.222. The minimum atomic E-state index is -4.62. The lowest BCUT2D eigenvalue weighted by Crippen LogP contribution is -2.42. The number of rotatable bonds is 6. The highest BCUT2D eigenvalue weighted by atomic mass is 19.4. The second-order valence-corrected chi connectivity index (χ2v) is 8.46. The van der Waals surface area contributed by atoms with Crippen LogP contribution in [-0.2, 0) is 31.7 Å². The van der Waals surface area contributed by atoms with Crippen LogP contribution in [0.5, 0.6) is 11.5 Å². The van der Waals surface area contributed by atoms with Crippen molar-refractivity contribution >= 4 is 17.6 Å². The van der Waals surface area contributed by atoms with Gasteiger partial charge in [-0.1, -0.05) is 48.5 Å². The Labute approximate surface area is 205 Å². The van der Waals surface area contributed by atoms with E-state index in [-0.39, 0.29) is 11.4 Å². The van der Waals surface area contributed by atoms with Gasteiger partial charge in [-0.2, -0.15) is 13.2 Å². The first-order valence-corrected chi connectivity index (χ1v) is 11.0. The highest BCUT2D eigenvalue weighted by molar-refractivity contribution is 6.15. The van der Waals surface area contributed by atoms with Gasteiger partial charge in [-0.15, -0.1) is 0 Å². The molecule has 0 aliphatic carbocycles. The number of esters is 2. The number of para-hydroxylation sites is 1. The summed E-state index contributed by atoms with van der Waals surface area (Å²) in [6.45, 7) is 2.78. The van der Waals surface area contributed by atoms with Crippen molar-refractivity contribution in [2.24, 2.45) is 0 Å². The number of carbonyl (C=O) groups excluding carboxylic acids is 2.